The minimum Gasteiger partial charge on any atom is -0.364 e. The Labute approximate surface area is 137 Å². The van der Waals surface area contributed by atoms with E-state index in [2.05, 4.69) is 66.0 Å². The molecule has 0 aliphatic rings. The zero-order chi connectivity index (χ0) is 14.8. The number of anilines is 1. The molecule has 116 valence electrons. The van der Waals surface area contributed by atoms with E-state index in [0.717, 1.165) is 18.9 Å². The normalized spacial score (nSPS) is 10.5. The fourth-order valence-corrected chi connectivity index (χ4v) is 2.90. The van der Waals surface area contributed by atoms with E-state index < -0.39 is 0 Å². The van der Waals surface area contributed by atoms with E-state index in [4.69, 9.17) is 0 Å². The van der Waals surface area contributed by atoms with Gasteiger partial charge in [-0.1, -0.05) is 30.3 Å². The van der Waals surface area contributed by atoms with Crippen LogP contribution in [-0.2, 0) is 13.1 Å². The SMILES string of the molecule is CCn1c(C)c(C)c2ccnc(NCc3ccccc3)c21.Cl. The summed E-state index contributed by atoms with van der Waals surface area (Å²) in [6.07, 6.45) is 1.89. The minimum atomic E-state index is 0. The van der Waals surface area contributed by atoms with Crippen LogP contribution in [0.25, 0.3) is 10.9 Å². The smallest absolute Gasteiger partial charge is 0.150 e. The molecule has 3 aromatic rings. The summed E-state index contributed by atoms with van der Waals surface area (Å²) in [5.74, 6) is 0.967. The van der Waals surface area contributed by atoms with Gasteiger partial charge in [0.2, 0.25) is 0 Å². The Hall–Kier alpha value is -2.00. The molecule has 1 N–H and O–H groups in total. The summed E-state index contributed by atoms with van der Waals surface area (Å²) < 4.78 is 2.34. The maximum Gasteiger partial charge on any atom is 0.150 e. The van der Waals surface area contributed by atoms with Crippen molar-refractivity contribution in [3.63, 3.8) is 0 Å². The van der Waals surface area contributed by atoms with Gasteiger partial charge in [-0.15, -0.1) is 12.4 Å². The fraction of sp³-hybridized carbons (Fsp3) is 0.278. The van der Waals surface area contributed by atoms with Crippen LogP contribution in [0.1, 0.15) is 23.7 Å². The first-order valence-electron chi connectivity index (χ1n) is 7.44. The predicted molar refractivity (Wildman–Crippen MR) is 95.9 cm³/mol. The predicted octanol–water partition coefficient (Wildman–Crippen LogP) is 4.71. The molecule has 1 aromatic carbocycles. The van der Waals surface area contributed by atoms with Crippen LogP contribution in [0.4, 0.5) is 5.82 Å². The summed E-state index contributed by atoms with van der Waals surface area (Å²) in [5, 5.41) is 4.78. The van der Waals surface area contributed by atoms with Crippen LogP contribution in [0.5, 0.6) is 0 Å². The summed E-state index contributed by atoms with van der Waals surface area (Å²) in [5.41, 5.74) is 5.14. The number of fused-ring (bicyclic) bond motifs is 1. The van der Waals surface area contributed by atoms with E-state index in [1.807, 2.05) is 12.3 Å². The first kappa shape index (κ1) is 16.4. The first-order chi connectivity index (χ1) is 10.2. The first-order valence-corrected chi connectivity index (χ1v) is 7.44. The number of benzene rings is 1. The Morgan fingerprint density at radius 2 is 1.82 bits per heavy atom. The molecule has 0 fully saturated rings. The van der Waals surface area contributed by atoms with Crippen LogP contribution in [0.3, 0.4) is 0 Å². The van der Waals surface area contributed by atoms with Gasteiger partial charge >= 0.3 is 0 Å². The van der Waals surface area contributed by atoms with Crippen molar-refractivity contribution in [2.75, 3.05) is 5.32 Å². The molecule has 0 saturated heterocycles. The summed E-state index contributed by atoms with van der Waals surface area (Å²) in [6.45, 7) is 8.30. The van der Waals surface area contributed by atoms with Crippen molar-refractivity contribution in [1.82, 2.24) is 9.55 Å². The number of aryl methyl sites for hydroxylation is 2. The third-order valence-electron chi connectivity index (χ3n) is 4.16. The molecule has 0 radical (unpaired) electrons. The van der Waals surface area contributed by atoms with Gasteiger partial charge < -0.3 is 9.88 Å². The van der Waals surface area contributed by atoms with Crippen molar-refractivity contribution in [3.8, 4) is 0 Å². The van der Waals surface area contributed by atoms with E-state index in [1.165, 1.54) is 27.7 Å². The zero-order valence-electron chi connectivity index (χ0n) is 13.3. The fourth-order valence-electron chi connectivity index (χ4n) is 2.90. The number of nitrogens with one attached hydrogen (secondary N) is 1. The lowest BCUT2D eigenvalue weighted by atomic mass is 10.2. The summed E-state index contributed by atoms with van der Waals surface area (Å²) in [4.78, 5) is 4.55. The van der Waals surface area contributed by atoms with Gasteiger partial charge in [0.25, 0.3) is 0 Å². The highest BCUT2D eigenvalue weighted by Crippen LogP contribution is 2.29. The average molecular weight is 316 g/mol. The number of nitrogens with zero attached hydrogens (tertiary/aromatic N) is 2. The third kappa shape index (κ3) is 2.81. The minimum absolute atomic E-state index is 0. The van der Waals surface area contributed by atoms with Crippen LogP contribution in [0.2, 0.25) is 0 Å². The van der Waals surface area contributed by atoms with Crippen LogP contribution < -0.4 is 5.32 Å². The van der Waals surface area contributed by atoms with E-state index in [1.54, 1.807) is 0 Å². The number of rotatable bonds is 4. The van der Waals surface area contributed by atoms with E-state index in [9.17, 15) is 0 Å². The molecule has 2 aromatic heterocycles. The van der Waals surface area contributed by atoms with E-state index >= 15 is 0 Å². The average Bonchev–Trinajstić information content (AvgIpc) is 2.78. The zero-order valence-corrected chi connectivity index (χ0v) is 14.1. The standard InChI is InChI=1S/C18H21N3.ClH/c1-4-21-14(3)13(2)16-10-11-19-18(17(16)21)20-12-15-8-6-5-7-9-15;/h5-11H,4,12H2,1-3H3,(H,19,20);1H. The Kier molecular flexibility index (Phi) is 5.09. The van der Waals surface area contributed by atoms with Gasteiger partial charge in [0.1, 0.15) is 0 Å². The van der Waals surface area contributed by atoms with Gasteiger partial charge in [-0.2, -0.15) is 0 Å². The lowest BCUT2D eigenvalue weighted by Gasteiger charge is -2.10. The summed E-state index contributed by atoms with van der Waals surface area (Å²) in [7, 11) is 0. The molecular formula is C18H22ClN3. The van der Waals surface area contributed by atoms with Crippen molar-refractivity contribution >= 4 is 29.1 Å². The van der Waals surface area contributed by atoms with Gasteiger partial charge in [0, 0.05) is 30.4 Å². The molecule has 0 saturated carbocycles. The molecule has 0 bridgehead atoms. The lowest BCUT2D eigenvalue weighted by molar-refractivity contribution is 0.765. The van der Waals surface area contributed by atoms with Crippen LogP contribution in [-0.4, -0.2) is 9.55 Å². The highest BCUT2D eigenvalue weighted by Gasteiger charge is 2.13. The largest absolute Gasteiger partial charge is 0.364 e. The molecule has 0 amide bonds. The summed E-state index contributed by atoms with van der Waals surface area (Å²) >= 11 is 0. The number of hydrogen-bond acceptors (Lipinski definition) is 2. The molecule has 0 aliphatic heterocycles. The number of halogens is 1. The molecule has 0 unspecified atom stereocenters. The van der Waals surface area contributed by atoms with Gasteiger partial charge in [-0.3, -0.25) is 0 Å². The van der Waals surface area contributed by atoms with Crippen molar-refractivity contribution in [2.24, 2.45) is 0 Å². The van der Waals surface area contributed by atoms with Crippen molar-refractivity contribution < 1.29 is 0 Å². The van der Waals surface area contributed by atoms with Gasteiger partial charge in [-0.25, -0.2) is 4.98 Å². The molecule has 3 rings (SSSR count). The molecule has 0 aliphatic carbocycles. The number of aromatic nitrogens is 2. The van der Waals surface area contributed by atoms with Gasteiger partial charge in [0.05, 0.1) is 5.52 Å². The maximum absolute atomic E-state index is 4.55. The Bertz CT molecular complexity index is 763. The molecular weight excluding hydrogens is 294 g/mol. The second kappa shape index (κ2) is 6.84. The second-order valence-electron chi connectivity index (χ2n) is 5.35. The van der Waals surface area contributed by atoms with Crippen molar-refractivity contribution in [2.45, 2.75) is 33.9 Å². The number of pyridine rings is 1. The topological polar surface area (TPSA) is 29.9 Å². The Morgan fingerprint density at radius 1 is 1.09 bits per heavy atom. The molecule has 22 heavy (non-hydrogen) atoms. The second-order valence-corrected chi connectivity index (χ2v) is 5.35. The lowest BCUT2D eigenvalue weighted by Crippen LogP contribution is -2.05. The third-order valence-corrected chi connectivity index (χ3v) is 4.16. The molecule has 2 heterocycles. The van der Waals surface area contributed by atoms with Gasteiger partial charge in [-0.05, 0) is 38.0 Å². The maximum atomic E-state index is 4.55. The summed E-state index contributed by atoms with van der Waals surface area (Å²) in [6, 6.07) is 12.5. The van der Waals surface area contributed by atoms with Gasteiger partial charge in [0.15, 0.2) is 5.82 Å². The van der Waals surface area contributed by atoms with Crippen LogP contribution >= 0.6 is 12.4 Å². The highest BCUT2D eigenvalue weighted by molar-refractivity contribution is 5.93. The Balaban J connectivity index is 0.00000176. The number of hydrogen-bond donors (Lipinski definition) is 1. The van der Waals surface area contributed by atoms with E-state index in [-0.39, 0.29) is 12.4 Å². The van der Waals surface area contributed by atoms with E-state index in [0.29, 0.717) is 0 Å². The van der Waals surface area contributed by atoms with Crippen molar-refractivity contribution in [3.05, 3.63) is 59.4 Å². The molecule has 0 atom stereocenters. The molecule has 4 heteroatoms. The molecule has 3 nitrogen and oxygen atoms in total. The quantitative estimate of drug-likeness (QED) is 0.756. The van der Waals surface area contributed by atoms with Crippen LogP contribution in [0, 0.1) is 13.8 Å². The highest BCUT2D eigenvalue weighted by atomic mass is 35.5. The molecule has 0 spiro atoms. The Morgan fingerprint density at radius 3 is 2.50 bits per heavy atom. The monoisotopic (exact) mass is 315 g/mol. The van der Waals surface area contributed by atoms with Crippen molar-refractivity contribution in [1.29, 1.82) is 0 Å². The van der Waals surface area contributed by atoms with Crippen LogP contribution in [0.15, 0.2) is 42.6 Å².